The van der Waals surface area contributed by atoms with Gasteiger partial charge in [-0.3, -0.25) is 4.79 Å². The summed E-state index contributed by atoms with van der Waals surface area (Å²) in [5, 5.41) is 6.08. The van der Waals surface area contributed by atoms with E-state index in [9.17, 15) is 39.6 Å². The van der Waals surface area contributed by atoms with Gasteiger partial charge in [0.05, 0.1) is 21.1 Å². The molecule has 2 amide bonds. The van der Waals surface area contributed by atoms with Gasteiger partial charge in [-0.1, -0.05) is 30.4 Å². The third-order valence-electron chi connectivity index (χ3n) is 6.49. The highest BCUT2D eigenvalue weighted by Gasteiger charge is 2.33. The number of ether oxygens (including phenoxy) is 1. The summed E-state index contributed by atoms with van der Waals surface area (Å²) in [7, 11) is -6.49. The van der Waals surface area contributed by atoms with Gasteiger partial charge < -0.3 is 20.3 Å². The molecule has 46 heavy (non-hydrogen) atoms. The molecule has 0 bridgehead atoms. The van der Waals surface area contributed by atoms with E-state index in [1.54, 1.807) is 6.07 Å². The largest absolute Gasteiger partial charge is 0.462 e. The first-order valence-electron chi connectivity index (χ1n) is 14.3. The van der Waals surface area contributed by atoms with E-state index in [1.807, 2.05) is 20.8 Å². The van der Waals surface area contributed by atoms with Crippen LogP contribution in [0.25, 0.3) is 6.08 Å². The van der Waals surface area contributed by atoms with Crippen molar-refractivity contribution >= 4 is 38.4 Å². The van der Waals surface area contributed by atoms with Gasteiger partial charge in [0.2, 0.25) is 19.9 Å². The number of hydrogen-bond acceptors (Lipinski definition) is 8. The summed E-state index contributed by atoms with van der Waals surface area (Å²) >= 11 is 0. The van der Waals surface area contributed by atoms with Crippen LogP contribution in [0.2, 0.25) is 0 Å². The molecule has 0 unspecified atom stereocenters. The van der Waals surface area contributed by atoms with Crippen LogP contribution in [0.3, 0.4) is 0 Å². The van der Waals surface area contributed by atoms with E-state index in [0.29, 0.717) is 12.5 Å². The molecule has 0 saturated carbocycles. The number of likely N-dealkylation sites (N-methyl/N-ethyl adjacent to an activating group) is 1. The van der Waals surface area contributed by atoms with Crippen molar-refractivity contribution < 1.29 is 44.3 Å². The highest BCUT2D eigenvalue weighted by molar-refractivity contribution is 7.91. The zero-order valence-corrected chi connectivity index (χ0v) is 27.8. The van der Waals surface area contributed by atoms with Gasteiger partial charge in [0.15, 0.2) is 0 Å². The molecule has 3 rings (SSSR count). The number of rotatable bonds is 11. The Labute approximate surface area is 268 Å². The van der Waals surface area contributed by atoms with Crippen LogP contribution in [0.1, 0.15) is 44.7 Å². The fourth-order valence-corrected chi connectivity index (χ4v) is 6.25. The number of halogens is 3. The number of carbonyl (C=O) groups excluding carboxylic acids is 2. The summed E-state index contributed by atoms with van der Waals surface area (Å²) < 4.78 is 98.0. The molecule has 0 aliphatic carbocycles. The van der Waals surface area contributed by atoms with Crippen molar-refractivity contribution in [1.82, 2.24) is 20.3 Å². The molecule has 0 aromatic heterocycles. The number of benzene rings is 2. The molecule has 0 spiro atoms. The van der Waals surface area contributed by atoms with Crippen molar-refractivity contribution in [2.45, 2.75) is 61.2 Å². The second-order valence-electron chi connectivity index (χ2n) is 11.4. The molecule has 11 nitrogen and oxygen atoms in total. The van der Waals surface area contributed by atoms with Crippen LogP contribution in [0.4, 0.5) is 18.0 Å². The van der Waals surface area contributed by atoms with Gasteiger partial charge >= 0.3 is 12.2 Å². The van der Waals surface area contributed by atoms with Gasteiger partial charge in [-0.05, 0) is 82.6 Å². The van der Waals surface area contributed by atoms with Crippen molar-refractivity contribution in [2.24, 2.45) is 0 Å². The number of alkyl halides is 3. The molecule has 1 heterocycles. The minimum Gasteiger partial charge on any atom is -0.462 e. The lowest BCUT2D eigenvalue weighted by Gasteiger charge is -2.26. The first kappa shape index (κ1) is 38.7. The minimum atomic E-state index is -4.79. The van der Waals surface area contributed by atoms with E-state index in [2.05, 4.69) is 20.1 Å². The molecule has 0 atom stereocenters. The number of sulfone groups is 1. The first-order valence-corrected chi connectivity index (χ1v) is 17.5. The zero-order chi connectivity index (χ0) is 34.6. The Morgan fingerprint density at radius 2 is 1.65 bits per heavy atom. The van der Waals surface area contributed by atoms with Crippen LogP contribution in [-0.2, 0) is 35.6 Å². The van der Waals surface area contributed by atoms with Crippen LogP contribution in [0.5, 0.6) is 0 Å². The molecule has 1 saturated heterocycles. The van der Waals surface area contributed by atoms with Gasteiger partial charge in [-0.25, -0.2) is 26.4 Å². The molecule has 3 N–H and O–H groups in total. The molecule has 1 aliphatic heterocycles. The smallest absolute Gasteiger partial charge is 0.416 e. The number of carbonyl (C=O) groups is 2. The Morgan fingerprint density at radius 1 is 1.02 bits per heavy atom. The van der Waals surface area contributed by atoms with E-state index in [4.69, 9.17) is 0 Å². The standard InChI is InChI=1S/C25H31F3N4O5S2.C5H10O2/c1-32(24(33)31-20-11-13-29-14-12-20)16-15-30-38(34,35)17-5-6-19-18-22(9-10-23(19)25(26,27)28)39(36,37)21-7-3-2-4-8-21;1-5(2,3)7-4-6/h2-10,18,20,29-30H,11-17H2,1H3,(H,31,33);4H,1-3H3. The van der Waals surface area contributed by atoms with E-state index in [0.717, 1.165) is 50.2 Å². The maximum atomic E-state index is 13.6. The predicted molar refractivity (Wildman–Crippen MR) is 168 cm³/mol. The number of piperidine rings is 1. The third-order valence-corrected chi connectivity index (χ3v) is 9.53. The van der Waals surface area contributed by atoms with Crippen LogP contribution < -0.4 is 15.4 Å². The first-order chi connectivity index (χ1) is 21.4. The van der Waals surface area contributed by atoms with Crippen molar-refractivity contribution in [3.63, 3.8) is 0 Å². The molecule has 2 aromatic carbocycles. The van der Waals surface area contributed by atoms with E-state index in [-0.39, 0.29) is 40.6 Å². The predicted octanol–water partition coefficient (Wildman–Crippen LogP) is 3.82. The Morgan fingerprint density at radius 3 is 2.20 bits per heavy atom. The highest BCUT2D eigenvalue weighted by Crippen LogP contribution is 2.35. The van der Waals surface area contributed by atoms with Crippen molar-refractivity contribution in [2.75, 3.05) is 39.0 Å². The summed E-state index contributed by atoms with van der Waals surface area (Å²) in [4.78, 5) is 22.8. The number of amides is 2. The number of urea groups is 1. The van der Waals surface area contributed by atoms with Crippen molar-refractivity contribution in [3.05, 3.63) is 65.7 Å². The lowest BCUT2D eigenvalue weighted by Crippen LogP contribution is -2.48. The second-order valence-corrected chi connectivity index (χ2v) is 15.2. The molecule has 1 fully saturated rings. The van der Waals surface area contributed by atoms with Crippen molar-refractivity contribution in [1.29, 1.82) is 0 Å². The average Bonchev–Trinajstić information content (AvgIpc) is 2.97. The highest BCUT2D eigenvalue weighted by atomic mass is 32.2. The maximum absolute atomic E-state index is 13.6. The van der Waals surface area contributed by atoms with Crippen molar-refractivity contribution in [3.8, 4) is 0 Å². The molecular weight excluding hydrogens is 649 g/mol. The summed E-state index contributed by atoms with van der Waals surface area (Å²) in [5.74, 6) is -0.648. The normalized spacial score (nSPS) is 14.7. The number of nitrogens with zero attached hydrogens (tertiary/aromatic N) is 1. The fraction of sp³-hybridized carbons (Fsp3) is 0.467. The van der Waals surface area contributed by atoms with Gasteiger partial charge in [0, 0.05) is 26.2 Å². The molecule has 256 valence electrons. The van der Waals surface area contributed by atoms with Gasteiger partial charge in [0.25, 0.3) is 6.47 Å². The third kappa shape index (κ3) is 13.1. The summed E-state index contributed by atoms with van der Waals surface area (Å²) in [6.45, 7) is 7.52. The SMILES string of the molecule is CC(C)(C)OC=O.CN(CCNS(=O)(=O)CC=Cc1cc(S(=O)(=O)c2ccccc2)ccc1C(F)(F)F)C(=O)NC1CCNCC1. The Kier molecular flexibility index (Phi) is 14.2. The van der Waals surface area contributed by atoms with Crippen LogP contribution in [0, 0.1) is 0 Å². The Balaban J connectivity index is 0.000000942. The van der Waals surface area contributed by atoms with Gasteiger partial charge in [-0.2, -0.15) is 13.2 Å². The van der Waals surface area contributed by atoms with E-state index >= 15 is 0 Å². The van der Waals surface area contributed by atoms with Crippen LogP contribution >= 0.6 is 0 Å². The van der Waals surface area contributed by atoms with E-state index in [1.165, 1.54) is 36.2 Å². The zero-order valence-electron chi connectivity index (χ0n) is 26.1. The average molecular weight is 691 g/mol. The minimum absolute atomic E-state index is 0.0470. The topological polar surface area (TPSA) is 151 Å². The van der Waals surface area contributed by atoms with Gasteiger partial charge in [0.1, 0.15) is 5.60 Å². The monoisotopic (exact) mass is 690 g/mol. The lowest BCUT2D eigenvalue weighted by atomic mass is 10.1. The summed E-state index contributed by atoms with van der Waals surface area (Å²) in [5.41, 5.74) is -1.90. The summed E-state index contributed by atoms with van der Waals surface area (Å²) in [6.07, 6.45) is -1.24. The maximum Gasteiger partial charge on any atom is 0.416 e. The Hall–Kier alpha value is -3.47. The second kappa shape index (κ2) is 16.9. The quantitative estimate of drug-likeness (QED) is 0.301. The fourth-order valence-electron chi connectivity index (χ4n) is 4.07. The Bertz CT molecular complexity index is 1540. The summed E-state index contributed by atoms with van der Waals surface area (Å²) in [6, 6.07) is 9.38. The molecular formula is C30H41F3N4O7S2. The number of sulfonamides is 1. The van der Waals surface area contributed by atoms with Crippen LogP contribution in [-0.4, -0.2) is 84.9 Å². The number of nitrogens with one attached hydrogen (secondary N) is 3. The van der Waals surface area contributed by atoms with Crippen LogP contribution in [0.15, 0.2) is 64.4 Å². The number of hydrogen-bond donors (Lipinski definition) is 3. The van der Waals surface area contributed by atoms with E-state index < -0.39 is 42.9 Å². The van der Waals surface area contributed by atoms with Gasteiger partial charge in [-0.15, -0.1) is 0 Å². The lowest BCUT2D eigenvalue weighted by molar-refractivity contribution is -0.139. The molecule has 1 aliphatic rings. The molecule has 2 aromatic rings. The molecule has 16 heteroatoms. The molecule has 0 radical (unpaired) electrons.